The number of aromatic carboxylic acids is 1. The summed E-state index contributed by atoms with van der Waals surface area (Å²) in [6.07, 6.45) is 5.13. The third kappa shape index (κ3) is 4.78. The Morgan fingerprint density at radius 1 is 1.29 bits per heavy atom. The van der Waals surface area contributed by atoms with Gasteiger partial charge < -0.3 is 14.9 Å². The predicted octanol–water partition coefficient (Wildman–Crippen LogP) is 3.15. The first-order valence-electron chi connectivity index (χ1n) is 11.6. The van der Waals surface area contributed by atoms with E-state index in [9.17, 15) is 27.8 Å². The van der Waals surface area contributed by atoms with Crippen molar-refractivity contribution in [1.29, 1.82) is 0 Å². The summed E-state index contributed by atoms with van der Waals surface area (Å²) in [6, 6.07) is 6.52. The van der Waals surface area contributed by atoms with Gasteiger partial charge in [-0.05, 0) is 66.6 Å². The van der Waals surface area contributed by atoms with Crippen LogP contribution in [0.2, 0.25) is 0 Å². The molecule has 3 aliphatic rings. The van der Waals surface area contributed by atoms with Crippen LogP contribution in [0.15, 0.2) is 41.3 Å². The fourth-order valence-electron chi connectivity index (χ4n) is 5.00. The first-order chi connectivity index (χ1) is 16.8. The number of carboxylic acid groups (broad SMARTS) is 1. The Bertz CT molecular complexity index is 1300. The number of carbonyl (C=O) groups is 1. The van der Waals surface area contributed by atoms with Gasteiger partial charge in [0.05, 0.1) is 17.2 Å². The number of aliphatic hydroxyl groups excluding tert-OH is 1. The Labute approximate surface area is 203 Å². The van der Waals surface area contributed by atoms with Crippen LogP contribution >= 0.6 is 0 Å². The summed E-state index contributed by atoms with van der Waals surface area (Å²) in [6.45, 7) is 2.65. The highest BCUT2D eigenvalue weighted by Crippen LogP contribution is 2.55. The highest BCUT2D eigenvalue weighted by atomic mass is 32.2. The number of rotatable bonds is 8. The van der Waals surface area contributed by atoms with Crippen LogP contribution < -0.4 is 9.46 Å². The second-order valence-electron chi connectivity index (χ2n) is 9.41. The zero-order chi connectivity index (χ0) is 24.7. The molecule has 0 amide bonds. The number of sulfonamides is 1. The van der Waals surface area contributed by atoms with Crippen LogP contribution in [0.25, 0.3) is 6.08 Å². The number of hydrogen-bond donors (Lipinski definition) is 3. The van der Waals surface area contributed by atoms with Crippen molar-refractivity contribution >= 4 is 27.8 Å². The lowest BCUT2D eigenvalue weighted by Gasteiger charge is -2.21. The van der Waals surface area contributed by atoms with E-state index in [0.29, 0.717) is 19.1 Å². The van der Waals surface area contributed by atoms with Crippen molar-refractivity contribution in [2.75, 3.05) is 37.6 Å². The van der Waals surface area contributed by atoms with E-state index in [4.69, 9.17) is 4.74 Å². The highest BCUT2D eigenvalue weighted by Gasteiger charge is 2.45. The van der Waals surface area contributed by atoms with Gasteiger partial charge in [0.2, 0.25) is 0 Å². The second kappa shape index (κ2) is 9.25. The van der Waals surface area contributed by atoms with Gasteiger partial charge in [0.15, 0.2) is 0 Å². The van der Waals surface area contributed by atoms with Crippen molar-refractivity contribution in [3.8, 4) is 5.75 Å². The SMILES string of the molecule is O=C(O)c1c(NS(=O)(=O)c2ccc(F)cc2C=CCN2CC[C@@H](CO)C2)ccc2c1OC[C@@H]1C[C@H]21. The Morgan fingerprint density at radius 2 is 2.11 bits per heavy atom. The highest BCUT2D eigenvalue weighted by molar-refractivity contribution is 7.92. The minimum atomic E-state index is -4.24. The third-order valence-electron chi connectivity index (χ3n) is 6.96. The van der Waals surface area contributed by atoms with Crippen molar-refractivity contribution in [3.63, 3.8) is 0 Å². The molecule has 0 radical (unpaired) electrons. The largest absolute Gasteiger partial charge is 0.492 e. The third-order valence-corrected chi connectivity index (χ3v) is 8.40. The molecule has 10 heteroatoms. The maximum absolute atomic E-state index is 14.0. The molecule has 1 saturated heterocycles. The van der Waals surface area contributed by atoms with Crippen LogP contribution in [0.3, 0.4) is 0 Å². The molecular weight excluding hydrogens is 475 g/mol. The summed E-state index contributed by atoms with van der Waals surface area (Å²) in [7, 11) is -4.24. The molecule has 2 fully saturated rings. The molecular formula is C25H27FN2O6S. The fourth-order valence-corrected chi connectivity index (χ4v) is 6.25. The van der Waals surface area contributed by atoms with E-state index >= 15 is 0 Å². The number of ether oxygens (including phenoxy) is 1. The molecule has 186 valence electrons. The summed E-state index contributed by atoms with van der Waals surface area (Å²) in [5.41, 5.74) is 0.629. The Kier molecular flexibility index (Phi) is 6.29. The first kappa shape index (κ1) is 23.8. The van der Waals surface area contributed by atoms with Gasteiger partial charge >= 0.3 is 5.97 Å². The van der Waals surface area contributed by atoms with Gasteiger partial charge in [-0.1, -0.05) is 18.2 Å². The molecule has 1 saturated carbocycles. The molecule has 0 aromatic heterocycles. The second-order valence-corrected chi connectivity index (χ2v) is 11.1. The fraction of sp³-hybridized carbons (Fsp3) is 0.400. The zero-order valence-electron chi connectivity index (χ0n) is 19.0. The van der Waals surface area contributed by atoms with Gasteiger partial charge in [0.1, 0.15) is 17.1 Å². The lowest BCUT2D eigenvalue weighted by molar-refractivity contribution is 0.0692. The Morgan fingerprint density at radius 3 is 2.86 bits per heavy atom. The number of anilines is 1. The molecule has 5 rings (SSSR count). The van der Waals surface area contributed by atoms with Gasteiger partial charge in [-0.3, -0.25) is 9.62 Å². The van der Waals surface area contributed by atoms with Gasteiger partial charge in [-0.15, -0.1) is 0 Å². The number of fused-ring (bicyclic) bond motifs is 3. The van der Waals surface area contributed by atoms with Crippen molar-refractivity contribution in [3.05, 3.63) is 58.9 Å². The van der Waals surface area contributed by atoms with Gasteiger partial charge in [-0.25, -0.2) is 17.6 Å². The normalized spacial score (nSPS) is 23.5. The summed E-state index contributed by atoms with van der Waals surface area (Å²) >= 11 is 0. The number of likely N-dealkylation sites (tertiary alicyclic amines) is 1. The van der Waals surface area contributed by atoms with E-state index in [-0.39, 0.29) is 45.9 Å². The smallest absolute Gasteiger partial charge is 0.341 e. The molecule has 2 heterocycles. The van der Waals surface area contributed by atoms with Crippen LogP contribution in [-0.2, 0) is 10.0 Å². The molecule has 0 bridgehead atoms. The van der Waals surface area contributed by atoms with Crippen LogP contribution in [0, 0.1) is 17.7 Å². The van der Waals surface area contributed by atoms with Crippen molar-refractivity contribution in [2.24, 2.45) is 11.8 Å². The molecule has 2 aromatic rings. The van der Waals surface area contributed by atoms with Crippen LogP contribution in [-0.4, -0.2) is 62.3 Å². The average Bonchev–Trinajstić information content (AvgIpc) is 3.47. The van der Waals surface area contributed by atoms with Gasteiger partial charge in [0.25, 0.3) is 10.0 Å². The van der Waals surface area contributed by atoms with E-state index in [1.807, 2.05) is 0 Å². The van der Waals surface area contributed by atoms with Crippen molar-refractivity contribution in [2.45, 2.75) is 23.7 Å². The summed E-state index contributed by atoms with van der Waals surface area (Å²) in [5.74, 6) is -0.799. The predicted molar refractivity (Wildman–Crippen MR) is 128 cm³/mol. The average molecular weight is 503 g/mol. The van der Waals surface area contributed by atoms with E-state index < -0.39 is 21.8 Å². The number of nitrogens with one attached hydrogen (secondary N) is 1. The van der Waals surface area contributed by atoms with Gasteiger partial charge in [-0.2, -0.15) is 0 Å². The van der Waals surface area contributed by atoms with Gasteiger partial charge in [0, 0.05) is 25.6 Å². The van der Waals surface area contributed by atoms with Crippen LogP contribution in [0.1, 0.15) is 40.2 Å². The molecule has 0 unspecified atom stereocenters. The molecule has 8 nitrogen and oxygen atoms in total. The number of halogens is 1. The van der Waals surface area contributed by atoms with E-state index in [1.54, 1.807) is 18.2 Å². The van der Waals surface area contributed by atoms with Crippen LogP contribution in [0.4, 0.5) is 10.1 Å². The molecule has 2 aliphatic heterocycles. The molecule has 35 heavy (non-hydrogen) atoms. The molecule has 1 aliphatic carbocycles. The Balaban J connectivity index is 1.42. The van der Waals surface area contributed by atoms with Crippen LogP contribution in [0.5, 0.6) is 5.75 Å². The zero-order valence-corrected chi connectivity index (χ0v) is 19.8. The lowest BCUT2D eigenvalue weighted by atomic mass is 10.0. The number of benzene rings is 2. The quantitative estimate of drug-likeness (QED) is 0.508. The van der Waals surface area contributed by atoms with E-state index in [1.165, 1.54) is 12.1 Å². The molecule has 3 N–H and O–H groups in total. The topological polar surface area (TPSA) is 116 Å². The number of carboxylic acids is 1. The van der Waals surface area contributed by atoms with Crippen molar-refractivity contribution in [1.82, 2.24) is 4.90 Å². The lowest BCUT2D eigenvalue weighted by Crippen LogP contribution is -2.21. The Hall–Kier alpha value is -2.95. The summed E-state index contributed by atoms with van der Waals surface area (Å²) < 4.78 is 48.7. The summed E-state index contributed by atoms with van der Waals surface area (Å²) in [5, 5.41) is 19.1. The minimum absolute atomic E-state index is 0.0956. The number of aliphatic hydroxyl groups is 1. The molecule has 3 atom stereocenters. The monoisotopic (exact) mass is 502 g/mol. The number of nitrogens with zero attached hydrogens (tertiary/aromatic N) is 1. The van der Waals surface area contributed by atoms with E-state index in [0.717, 1.165) is 43.6 Å². The minimum Gasteiger partial charge on any atom is -0.492 e. The molecule has 0 spiro atoms. The van der Waals surface area contributed by atoms with E-state index in [2.05, 4.69) is 9.62 Å². The first-order valence-corrected chi connectivity index (χ1v) is 13.1. The summed E-state index contributed by atoms with van der Waals surface area (Å²) in [4.78, 5) is 14.0. The molecule has 2 aromatic carbocycles. The maximum Gasteiger partial charge on any atom is 0.341 e. The standard InChI is InChI=1S/C25H27FN2O6S/c26-18-3-6-22(16(10-18)2-1-8-28-9-7-15(12-28)13-29)35(32,33)27-21-5-4-19-20-11-17(20)14-34-24(19)23(21)25(30)31/h1-6,10,15,17,20,27,29H,7-9,11-14H2,(H,30,31)/t15-,17+,20+/m1/s1. The number of hydrogen-bond acceptors (Lipinski definition) is 6. The maximum atomic E-state index is 14.0. The van der Waals surface area contributed by atoms with Crippen molar-refractivity contribution < 1.29 is 32.6 Å².